The van der Waals surface area contributed by atoms with Crippen LogP contribution in [0.25, 0.3) is 0 Å². The molecule has 0 heterocycles. The fraction of sp³-hybridized carbons (Fsp3) is 1.00. The van der Waals surface area contributed by atoms with E-state index in [1.165, 1.54) is 32.1 Å². The molecule has 0 aromatic rings. The SMILES string of the molecule is CCC(C)(CO)CNCCC1CCC(C)CC1. The molecular formula is C15H31NO. The van der Waals surface area contributed by atoms with Gasteiger partial charge in [-0.3, -0.25) is 0 Å². The van der Waals surface area contributed by atoms with Crippen LogP contribution in [0, 0.1) is 17.3 Å². The van der Waals surface area contributed by atoms with Gasteiger partial charge in [0.15, 0.2) is 0 Å². The maximum atomic E-state index is 9.32. The summed E-state index contributed by atoms with van der Waals surface area (Å²) in [6, 6.07) is 0. The number of nitrogens with one attached hydrogen (secondary N) is 1. The van der Waals surface area contributed by atoms with Gasteiger partial charge in [-0.25, -0.2) is 0 Å². The largest absolute Gasteiger partial charge is 0.396 e. The lowest BCUT2D eigenvalue weighted by Gasteiger charge is -2.28. The quantitative estimate of drug-likeness (QED) is 0.671. The predicted octanol–water partition coefficient (Wildman–Crippen LogP) is 3.20. The molecule has 0 aromatic carbocycles. The van der Waals surface area contributed by atoms with Crippen molar-refractivity contribution in [2.75, 3.05) is 19.7 Å². The molecule has 1 atom stereocenters. The van der Waals surface area contributed by atoms with Crippen LogP contribution in [0.3, 0.4) is 0 Å². The minimum Gasteiger partial charge on any atom is -0.396 e. The molecule has 1 rings (SSSR count). The standard InChI is InChI=1S/C15H31NO/c1-4-15(3,12-17)11-16-10-9-14-7-5-13(2)6-8-14/h13-14,16-17H,4-12H2,1-3H3. The van der Waals surface area contributed by atoms with Gasteiger partial charge in [0.05, 0.1) is 0 Å². The van der Waals surface area contributed by atoms with Gasteiger partial charge in [0, 0.05) is 18.6 Å². The molecule has 0 amide bonds. The van der Waals surface area contributed by atoms with Crippen molar-refractivity contribution in [3.8, 4) is 0 Å². The van der Waals surface area contributed by atoms with E-state index in [0.29, 0.717) is 0 Å². The van der Waals surface area contributed by atoms with Crippen LogP contribution >= 0.6 is 0 Å². The molecule has 1 aliphatic rings. The van der Waals surface area contributed by atoms with Crippen molar-refractivity contribution in [1.82, 2.24) is 5.32 Å². The molecule has 1 unspecified atom stereocenters. The number of aliphatic hydroxyl groups excluding tert-OH is 1. The van der Waals surface area contributed by atoms with Crippen LogP contribution in [0.2, 0.25) is 0 Å². The van der Waals surface area contributed by atoms with Gasteiger partial charge in [-0.1, -0.05) is 46.5 Å². The zero-order valence-electron chi connectivity index (χ0n) is 12.0. The van der Waals surface area contributed by atoms with E-state index < -0.39 is 0 Å². The molecular weight excluding hydrogens is 210 g/mol. The van der Waals surface area contributed by atoms with Crippen molar-refractivity contribution < 1.29 is 5.11 Å². The first-order valence-electron chi connectivity index (χ1n) is 7.41. The topological polar surface area (TPSA) is 32.3 Å². The normalized spacial score (nSPS) is 28.9. The lowest BCUT2D eigenvalue weighted by atomic mass is 9.81. The van der Waals surface area contributed by atoms with Gasteiger partial charge in [0.25, 0.3) is 0 Å². The van der Waals surface area contributed by atoms with Gasteiger partial charge >= 0.3 is 0 Å². The number of rotatable bonds is 7. The van der Waals surface area contributed by atoms with Crippen molar-refractivity contribution >= 4 is 0 Å². The third-order valence-corrected chi connectivity index (χ3v) is 4.65. The monoisotopic (exact) mass is 241 g/mol. The van der Waals surface area contributed by atoms with Crippen molar-refractivity contribution in [1.29, 1.82) is 0 Å². The summed E-state index contributed by atoms with van der Waals surface area (Å²) in [6.45, 7) is 9.04. The Kier molecular flexibility index (Phi) is 6.50. The highest BCUT2D eigenvalue weighted by atomic mass is 16.3. The maximum absolute atomic E-state index is 9.32. The van der Waals surface area contributed by atoms with Gasteiger partial charge in [-0.15, -0.1) is 0 Å². The second-order valence-electron chi connectivity index (χ2n) is 6.41. The van der Waals surface area contributed by atoms with Gasteiger partial charge < -0.3 is 10.4 Å². The molecule has 1 fully saturated rings. The van der Waals surface area contributed by atoms with Crippen LogP contribution in [-0.2, 0) is 0 Å². The molecule has 0 spiro atoms. The first kappa shape index (κ1) is 15.0. The highest BCUT2D eigenvalue weighted by Crippen LogP contribution is 2.30. The Hall–Kier alpha value is -0.0800. The van der Waals surface area contributed by atoms with Crippen LogP contribution in [0.15, 0.2) is 0 Å². The molecule has 0 saturated heterocycles. The first-order valence-corrected chi connectivity index (χ1v) is 7.41. The van der Waals surface area contributed by atoms with E-state index in [0.717, 1.165) is 31.3 Å². The lowest BCUT2D eigenvalue weighted by Crippen LogP contribution is -2.35. The van der Waals surface area contributed by atoms with E-state index in [9.17, 15) is 5.11 Å². The summed E-state index contributed by atoms with van der Waals surface area (Å²) in [5, 5.41) is 12.8. The van der Waals surface area contributed by atoms with Crippen LogP contribution in [0.1, 0.15) is 59.3 Å². The van der Waals surface area contributed by atoms with Crippen LogP contribution in [-0.4, -0.2) is 24.8 Å². The summed E-state index contributed by atoms with van der Waals surface area (Å²) < 4.78 is 0. The number of hydrogen-bond donors (Lipinski definition) is 2. The Bertz CT molecular complexity index is 193. The van der Waals surface area contributed by atoms with E-state index in [2.05, 4.69) is 26.1 Å². The summed E-state index contributed by atoms with van der Waals surface area (Å²) in [7, 11) is 0. The second kappa shape index (κ2) is 7.38. The Morgan fingerprint density at radius 2 is 1.88 bits per heavy atom. The third kappa shape index (κ3) is 5.39. The highest BCUT2D eigenvalue weighted by Gasteiger charge is 2.21. The van der Waals surface area contributed by atoms with Crippen molar-refractivity contribution in [3.63, 3.8) is 0 Å². The van der Waals surface area contributed by atoms with Gasteiger partial charge in [0.1, 0.15) is 0 Å². The zero-order chi connectivity index (χ0) is 12.7. The Morgan fingerprint density at radius 1 is 1.24 bits per heavy atom. The molecule has 0 bridgehead atoms. The van der Waals surface area contributed by atoms with E-state index in [1.54, 1.807) is 0 Å². The number of aliphatic hydroxyl groups is 1. The van der Waals surface area contributed by atoms with E-state index in [-0.39, 0.29) is 12.0 Å². The van der Waals surface area contributed by atoms with Gasteiger partial charge in [-0.05, 0) is 31.2 Å². The third-order valence-electron chi connectivity index (χ3n) is 4.65. The minimum atomic E-state index is 0.0705. The van der Waals surface area contributed by atoms with Gasteiger partial charge in [-0.2, -0.15) is 0 Å². The maximum Gasteiger partial charge on any atom is 0.0496 e. The Labute approximate surface area is 107 Å². The van der Waals surface area contributed by atoms with Crippen molar-refractivity contribution in [3.05, 3.63) is 0 Å². The average Bonchev–Trinajstić information content (AvgIpc) is 2.36. The Balaban J connectivity index is 2.08. The van der Waals surface area contributed by atoms with Crippen LogP contribution in [0.4, 0.5) is 0 Å². The summed E-state index contributed by atoms with van der Waals surface area (Å²) in [5.74, 6) is 1.90. The molecule has 2 heteroatoms. The number of hydrogen-bond acceptors (Lipinski definition) is 2. The molecule has 0 aliphatic heterocycles. The molecule has 17 heavy (non-hydrogen) atoms. The molecule has 2 nitrogen and oxygen atoms in total. The second-order valence-corrected chi connectivity index (χ2v) is 6.41. The highest BCUT2D eigenvalue weighted by molar-refractivity contribution is 4.75. The smallest absolute Gasteiger partial charge is 0.0496 e. The van der Waals surface area contributed by atoms with Gasteiger partial charge in [0.2, 0.25) is 0 Å². The van der Waals surface area contributed by atoms with E-state index >= 15 is 0 Å². The lowest BCUT2D eigenvalue weighted by molar-refractivity contribution is 0.134. The molecule has 1 aliphatic carbocycles. The minimum absolute atomic E-state index is 0.0705. The summed E-state index contributed by atoms with van der Waals surface area (Å²) in [4.78, 5) is 0. The summed E-state index contributed by atoms with van der Waals surface area (Å²) >= 11 is 0. The van der Waals surface area contributed by atoms with E-state index in [4.69, 9.17) is 0 Å². The van der Waals surface area contributed by atoms with Crippen LogP contribution < -0.4 is 5.32 Å². The zero-order valence-corrected chi connectivity index (χ0v) is 12.0. The van der Waals surface area contributed by atoms with Crippen LogP contribution in [0.5, 0.6) is 0 Å². The van der Waals surface area contributed by atoms with Crippen molar-refractivity contribution in [2.24, 2.45) is 17.3 Å². The molecule has 0 radical (unpaired) electrons. The fourth-order valence-corrected chi connectivity index (χ4v) is 2.61. The first-order chi connectivity index (χ1) is 8.09. The molecule has 1 saturated carbocycles. The molecule has 0 aromatic heterocycles. The van der Waals surface area contributed by atoms with Crippen molar-refractivity contribution in [2.45, 2.75) is 59.3 Å². The molecule has 102 valence electrons. The fourth-order valence-electron chi connectivity index (χ4n) is 2.61. The van der Waals surface area contributed by atoms with E-state index in [1.807, 2.05) is 0 Å². The Morgan fingerprint density at radius 3 is 2.41 bits per heavy atom. The summed E-state index contributed by atoms with van der Waals surface area (Å²) in [5.41, 5.74) is 0.0705. The summed E-state index contributed by atoms with van der Waals surface area (Å²) in [6.07, 6.45) is 8.05. The average molecular weight is 241 g/mol. The predicted molar refractivity (Wildman–Crippen MR) is 74.1 cm³/mol. The molecule has 2 N–H and O–H groups in total.